The van der Waals surface area contributed by atoms with Gasteiger partial charge in [-0.25, -0.2) is 4.99 Å². The Kier molecular flexibility index (Phi) is 6.36. The van der Waals surface area contributed by atoms with E-state index in [0.29, 0.717) is 0 Å². The van der Waals surface area contributed by atoms with Gasteiger partial charge in [0.2, 0.25) is 0 Å². The smallest absolute Gasteiger partial charge is 0.136 e. The molecule has 0 bridgehead atoms. The molecule has 1 aromatic heterocycles. The summed E-state index contributed by atoms with van der Waals surface area (Å²) in [6, 6.07) is 58.0. The lowest BCUT2D eigenvalue weighted by atomic mass is 9.90. The number of hydrogen-bond donors (Lipinski definition) is 2. The maximum absolute atomic E-state index is 6.60. The van der Waals surface area contributed by atoms with Gasteiger partial charge in [0.25, 0.3) is 0 Å². The normalized spacial score (nSPS) is 16.4. The molecule has 4 heteroatoms. The van der Waals surface area contributed by atoms with E-state index < -0.39 is 0 Å². The molecular formula is C45H31N3O. The van der Waals surface area contributed by atoms with Crippen molar-refractivity contribution in [2.45, 2.75) is 12.3 Å². The van der Waals surface area contributed by atoms with Crippen LogP contribution in [-0.2, 0) is 0 Å². The second-order valence-corrected chi connectivity index (χ2v) is 12.8. The van der Waals surface area contributed by atoms with Gasteiger partial charge in [-0.15, -0.1) is 0 Å². The summed E-state index contributed by atoms with van der Waals surface area (Å²) in [7, 11) is 0. The van der Waals surface area contributed by atoms with E-state index in [1.807, 2.05) is 12.1 Å². The maximum Gasteiger partial charge on any atom is 0.136 e. The monoisotopic (exact) mass is 629 g/mol. The SMILES string of the molecule is c1ccc(C2=NC(c3ccccc3)NC(c3cccc4oc5cccc(-c6ccc7c8ccccc8c8ccccc8c7c6)c5c34)N2)cc1. The van der Waals surface area contributed by atoms with Crippen molar-refractivity contribution < 1.29 is 4.42 Å². The number of hydrogen-bond acceptors (Lipinski definition) is 4. The van der Waals surface area contributed by atoms with Gasteiger partial charge in [0.15, 0.2) is 0 Å². The molecule has 0 saturated heterocycles. The molecule has 2 heterocycles. The molecule has 0 spiro atoms. The summed E-state index contributed by atoms with van der Waals surface area (Å²) in [5.74, 6) is 0.858. The highest BCUT2D eigenvalue weighted by atomic mass is 16.3. The number of rotatable bonds is 4. The quantitative estimate of drug-likeness (QED) is 0.190. The zero-order valence-corrected chi connectivity index (χ0v) is 26.6. The third kappa shape index (κ3) is 4.53. The highest BCUT2D eigenvalue weighted by Crippen LogP contribution is 2.43. The number of nitrogens with one attached hydrogen (secondary N) is 2. The van der Waals surface area contributed by atoms with Crippen molar-refractivity contribution in [1.29, 1.82) is 0 Å². The van der Waals surface area contributed by atoms with Gasteiger partial charge in [-0.1, -0.05) is 146 Å². The molecule has 2 unspecified atom stereocenters. The summed E-state index contributed by atoms with van der Waals surface area (Å²) in [6.45, 7) is 0. The molecule has 2 N–H and O–H groups in total. The Morgan fingerprint density at radius 3 is 1.78 bits per heavy atom. The molecule has 232 valence electrons. The zero-order chi connectivity index (χ0) is 32.3. The van der Waals surface area contributed by atoms with Crippen LogP contribution in [-0.4, -0.2) is 5.84 Å². The van der Waals surface area contributed by atoms with Crippen molar-refractivity contribution in [3.63, 3.8) is 0 Å². The Labute approximate surface area is 283 Å². The first-order valence-electron chi connectivity index (χ1n) is 16.8. The lowest BCUT2D eigenvalue weighted by Gasteiger charge is -2.32. The minimum atomic E-state index is -0.223. The van der Waals surface area contributed by atoms with E-state index in [1.165, 1.54) is 32.3 Å². The molecule has 0 fully saturated rings. The lowest BCUT2D eigenvalue weighted by molar-refractivity contribution is 0.411. The van der Waals surface area contributed by atoms with Crippen LogP contribution in [0.3, 0.4) is 0 Å². The van der Waals surface area contributed by atoms with E-state index in [2.05, 4.69) is 162 Å². The standard InChI is InChI=1S/C45H31N3O/c1-3-13-28(14-4-1)43-46-44(29-15-5-2-6-16-29)48-45(47-43)37-22-12-24-40-42(37)41-31(21-11-23-39(41)49-40)30-25-26-36-34-19-8-7-17-32(34)33-18-9-10-20-35(33)38(36)27-30/h1-27,43,45,47H,(H,46,48). The van der Waals surface area contributed by atoms with E-state index in [-0.39, 0.29) is 12.3 Å². The molecule has 0 amide bonds. The average molecular weight is 630 g/mol. The molecule has 49 heavy (non-hydrogen) atoms. The lowest BCUT2D eigenvalue weighted by Crippen LogP contribution is -2.45. The summed E-state index contributed by atoms with van der Waals surface area (Å²) < 4.78 is 6.60. The largest absolute Gasteiger partial charge is 0.456 e. The first kappa shape index (κ1) is 27.8. The van der Waals surface area contributed by atoms with Gasteiger partial charge < -0.3 is 9.73 Å². The molecule has 1 aliphatic rings. The number of amidine groups is 1. The van der Waals surface area contributed by atoms with Crippen LogP contribution in [0.1, 0.15) is 29.0 Å². The highest BCUT2D eigenvalue weighted by molar-refractivity contribution is 6.26. The summed E-state index contributed by atoms with van der Waals surface area (Å²) in [4.78, 5) is 5.14. The third-order valence-corrected chi connectivity index (χ3v) is 9.95. The second-order valence-electron chi connectivity index (χ2n) is 12.8. The van der Waals surface area contributed by atoms with Crippen LogP contribution in [0, 0.1) is 0 Å². The highest BCUT2D eigenvalue weighted by Gasteiger charge is 2.28. The topological polar surface area (TPSA) is 49.6 Å². The third-order valence-electron chi connectivity index (χ3n) is 9.95. The summed E-state index contributed by atoms with van der Waals surface area (Å²) >= 11 is 0. The van der Waals surface area contributed by atoms with Crippen molar-refractivity contribution in [3.05, 3.63) is 180 Å². The summed E-state index contributed by atoms with van der Waals surface area (Å²) in [6.07, 6.45) is -0.443. The van der Waals surface area contributed by atoms with Gasteiger partial charge in [0.05, 0.1) is 0 Å². The van der Waals surface area contributed by atoms with E-state index in [9.17, 15) is 0 Å². The van der Waals surface area contributed by atoms with Gasteiger partial charge in [0, 0.05) is 21.9 Å². The van der Waals surface area contributed by atoms with E-state index in [4.69, 9.17) is 9.41 Å². The molecule has 8 aromatic carbocycles. The van der Waals surface area contributed by atoms with Crippen molar-refractivity contribution in [3.8, 4) is 11.1 Å². The zero-order valence-electron chi connectivity index (χ0n) is 26.6. The fourth-order valence-corrected chi connectivity index (χ4v) is 7.72. The van der Waals surface area contributed by atoms with E-state index in [1.54, 1.807) is 0 Å². The molecule has 2 atom stereocenters. The molecule has 9 aromatic rings. The Balaban J connectivity index is 1.18. The summed E-state index contributed by atoms with van der Waals surface area (Å²) in [5.41, 5.74) is 7.32. The fraction of sp³-hybridized carbons (Fsp3) is 0.0444. The molecular weight excluding hydrogens is 599 g/mol. The molecule has 0 saturated carbocycles. The average Bonchev–Trinajstić information content (AvgIpc) is 3.58. The van der Waals surface area contributed by atoms with Gasteiger partial charge in [0.1, 0.15) is 29.3 Å². The first-order chi connectivity index (χ1) is 24.3. The van der Waals surface area contributed by atoms with E-state index in [0.717, 1.165) is 55.6 Å². The van der Waals surface area contributed by atoms with Crippen LogP contribution in [0.4, 0.5) is 0 Å². The number of aliphatic imine (C=N–C) groups is 1. The molecule has 4 nitrogen and oxygen atoms in total. The van der Waals surface area contributed by atoms with Crippen molar-refractivity contribution in [2.75, 3.05) is 0 Å². The van der Waals surface area contributed by atoms with Crippen molar-refractivity contribution >= 4 is 60.1 Å². The summed E-state index contributed by atoms with van der Waals surface area (Å²) in [5, 5.41) is 17.4. The van der Waals surface area contributed by atoms with Crippen molar-refractivity contribution in [1.82, 2.24) is 10.6 Å². The fourth-order valence-electron chi connectivity index (χ4n) is 7.72. The second kappa shape index (κ2) is 11.2. The molecule has 1 aliphatic heterocycles. The van der Waals surface area contributed by atoms with Gasteiger partial charge in [-0.05, 0) is 67.2 Å². The Hall–Kier alpha value is -6.23. The van der Waals surface area contributed by atoms with Gasteiger partial charge in [-0.3, -0.25) is 5.32 Å². The maximum atomic E-state index is 6.60. The Morgan fingerprint density at radius 2 is 1.06 bits per heavy atom. The molecule has 10 rings (SSSR count). The Morgan fingerprint density at radius 1 is 0.469 bits per heavy atom. The number of fused-ring (bicyclic) bond motifs is 9. The minimum absolute atomic E-state index is 0.220. The predicted octanol–water partition coefficient (Wildman–Crippen LogP) is 11.0. The van der Waals surface area contributed by atoms with Crippen LogP contribution in [0.5, 0.6) is 0 Å². The molecule has 0 aliphatic carbocycles. The Bertz CT molecular complexity index is 2690. The van der Waals surface area contributed by atoms with Gasteiger partial charge >= 0.3 is 0 Å². The minimum Gasteiger partial charge on any atom is -0.456 e. The van der Waals surface area contributed by atoms with Crippen LogP contribution < -0.4 is 10.6 Å². The number of benzene rings is 8. The van der Waals surface area contributed by atoms with E-state index >= 15 is 0 Å². The van der Waals surface area contributed by atoms with Gasteiger partial charge in [-0.2, -0.15) is 0 Å². The molecule has 0 radical (unpaired) electrons. The number of nitrogens with zero attached hydrogens (tertiary/aromatic N) is 1. The van der Waals surface area contributed by atoms with Crippen LogP contribution in [0.2, 0.25) is 0 Å². The first-order valence-corrected chi connectivity index (χ1v) is 16.8. The van der Waals surface area contributed by atoms with Crippen LogP contribution in [0.25, 0.3) is 65.4 Å². The number of furan rings is 1. The van der Waals surface area contributed by atoms with Crippen LogP contribution in [0.15, 0.2) is 173 Å². The van der Waals surface area contributed by atoms with Crippen LogP contribution >= 0.6 is 0 Å². The van der Waals surface area contributed by atoms with Crippen molar-refractivity contribution in [2.24, 2.45) is 4.99 Å². The predicted molar refractivity (Wildman–Crippen MR) is 203 cm³/mol.